The maximum Gasteiger partial charge on any atom is 0.256 e. The summed E-state index contributed by atoms with van der Waals surface area (Å²) in [5.74, 6) is 0.932. The Kier molecular flexibility index (Phi) is 4.72. The molecule has 5 nitrogen and oxygen atoms in total. The van der Waals surface area contributed by atoms with Crippen molar-refractivity contribution in [3.63, 3.8) is 0 Å². The maximum atomic E-state index is 12.2. The van der Waals surface area contributed by atoms with Gasteiger partial charge >= 0.3 is 0 Å². The van der Waals surface area contributed by atoms with Crippen LogP contribution in [0.25, 0.3) is 0 Å². The van der Waals surface area contributed by atoms with E-state index in [0.717, 1.165) is 5.56 Å². The van der Waals surface area contributed by atoms with E-state index in [9.17, 15) is 4.79 Å². The van der Waals surface area contributed by atoms with Crippen LogP contribution in [0, 0.1) is 0 Å². The van der Waals surface area contributed by atoms with Gasteiger partial charge in [0.2, 0.25) is 0 Å². The number of benzene rings is 2. The first kappa shape index (κ1) is 15.6. The van der Waals surface area contributed by atoms with Gasteiger partial charge in [-0.05, 0) is 42.0 Å². The third kappa shape index (κ3) is 4.10. The smallest absolute Gasteiger partial charge is 0.256 e. The first-order valence-corrected chi connectivity index (χ1v) is 7.50. The molecule has 5 heteroatoms. The average Bonchev–Trinajstić information content (AvgIpc) is 2.63. The molecule has 0 aliphatic carbocycles. The Balaban J connectivity index is 1.59. The fraction of sp³-hybridized carbons (Fsp3) is 0.0526. The molecule has 24 heavy (non-hydrogen) atoms. The second-order valence-corrected chi connectivity index (χ2v) is 5.23. The van der Waals surface area contributed by atoms with Gasteiger partial charge in [0.1, 0.15) is 18.2 Å². The molecule has 3 N–H and O–H groups in total. The van der Waals surface area contributed by atoms with Crippen molar-refractivity contribution in [2.75, 3.05) is 11.1 Å². The van der Waals surface area contributed by atoms with Crippen LogP contribution >= 0.6 is 0 Å². The second-order valence-electron chi connectivity index (χ2n) is 5.23. The van der Waals surface area contributed by atoms with Crippen LogP contribution in [0.1, 0.15) is 15.9 Å². The van der Waals surface area contributed by atoms with Crippen LogP contribution in [-0.4, -0.2) is 10.9 Å². The van der Waals surface area contributed by atoms with Gasteiger partial charge in [0.25, 0.3) is 5.91 Å². The average molecular weight is 319 g/mol. The zero-order valence-corrected chi connectivity index (χ0v) is 13.0. The number of carbonyl (C=O) groups is 1. The number of carbonyl (C=O) groups excluding carboxylic acids is 1. The second kappa shape index (κ2) is 7.28. The molecule has 0 bridgehead atoms. The van der Waals surface area contributed by atoms with E-state index in [1.807, 2.05) is 30.3 Å². The van der Waals surface area contributed by atoms with E-state index < -0.39 is 0 Å². The van der Waals surface area contributed by atoms with Crippen molar-refractivity contribution in [2.45, 2.75) is 6.61 Å². The summed E-state index contributed by atoms with van der Waals surface area (Å²) in [5.41, 5.74) is 7.74. The largest absolute Gasteiger partial charge is 0.489 e. The lowest BCUT2D eigenvalue weighted by Crippen LogP contribution is -2.12. The molecule has 0 aliphatic heterocycles. The van der Waals surface area contributed by atoms with Crippen molar-refractivity contribution < 1.29 is 9.53 Å². The number of nitrogens with two attached hydrogens (primary N) is 1. The molecule has 1 heterocycles. The summed E-state index contributed by atoms with van der Waals surface area (Å²) >= 11 is 0. The number of hydrogen-bond acceptors (Lipinski definition) is 4. The Hall–Kier alpha value is -3.34. The minimum Gasteiger partial charge on any atom is -0.489 e. The van der Waals surface area contributed by atoms with Crippen molar-refractivity contribution in [3.05, 3.63) is 84.1 Å². The summed E-state index contributed by atoms with van der Waals surface area (Å²) in [6.07, 6.45) is 1.50. The topological polar surface area (TPSA) is 77.2 Å². The third-order valence-corrected chi connectivity index (χ3v) is 3.39. The summed E-state index contributed by atoms with van der Waals surface area (Å²) in [6.45, 7) is 0.488. The summed E-state index contributed by atoms with van der Waals surface area (Å²) in [7, 11) is 0. The normalized spacial score (nSPS) is 10.2. The number of ether oxygens (including phenoxy) is 1. The highest BCUT2D eigenvalue weighted by atomic mass is 16.5. The Morgan fingerprint density at radius 1 is 1.00 bits per heavy atom. The van der Waals surface area contributed by atoms with Crippen molar-refractivity contribution >= 4 is 17.4 Å². The number of rotatable bonds is 5. The molecule has 0 radical (unpaired) electrons. The van der Waals surface area contributed by atoms with Crippen molar-refractivity contribution in [2.24, 2.45) is 0 Å². The Morgan fingerprint density at radius 2 is 1.75 bits per heavy atom. The number of nitrogen functional groups attached to an aromatic ring is 1. The van der Waals surface area contributed by atoms with E-state index in [1.54, 1.807) is 36.4 Å². The molecule has 0 fully saturated rings. The van der Waals surface area contributed by atoms with Gasteiger partial charge < -0.3 is 15.8 Å². The summed E-state index contributed by atoms with van der Waals surface area (Å²) in [4.78, 5) is 16.2. The first-order valence-electron chi connectivity index (χ1n) is 7.50. The zero-order chi connectivity index (χ0) is 16.8. The molecule has 0 saturated heterocycles. The minimum atomic E-state index is -0.234. The van der Waals surface area contributed by atoms with Crippen LogP contribution in [0.2, 0.25) is 0 Å². The van der Waals surface area contributed by atoms with Gasteiger partial charge in [-0.25, -0.2) is 4.98 Å². The fourth-order valence-corrected chi connectivity index (χ4v) is 2.11. The number of nitrogens with one attached hydrogen (secondary N) is 1. The quantitative estimate of drug-likeness (QED) is 0.754. The zero-order valence-electron chi connectivity index (χ0n) is 13.0. The highest BCUT2D eigenvalue weighted by Gasteiger charge is 2.07. The SMILES string of the molecule is Nc1ccc(NC(=O)c2ccc(OCc3ccccc3)cc2)nc1. The van der Waals surface area contributed by atoms with E-state index in [4.69, 9.17) is 10.5 Å². The predicted molar refractivity (Wildman–Crippen MR) is 93.8 cm³/mol. The van der Waals surface area contributed by atoms with Gasteiger partial charge in [0, 0.05) is 5.56 Å². The van der Waals surface area contributed by atoms with Crippen molar-refractivity contribution in [1.82, 2.24) is 4.98 Å². The molecule has 120 valence electrons. The van der Waals surface area contributed by atoms with Crippen LogP contribution in [-0.2, 0) is 6.61 Å². The predicted octanol–water partition coefficient (Wildman–Crippen LogP) is 3.50. The molecular weight excluding hydrogens is 302 g/mol. The van der Waals surface area contributed by atoms with E-state index in [2.05, 4.69) is 10.3 Å². The highest BCUT2D eigenvalue weighted by molar-refractivity contribution is 6.03. The molecule has 2 aromatic carbocycles. The van der Waals surface area contributed by atoms with Crippen LogP contribution in [0.4, 0.5) is 11.5 Å². The van der Waals surface area contributed by atoms with Crippen molar-refractivity contribution in [3.8, 4) is 5.75 Å². The lowest BCUT2D eigenvalue weighted by molar-refractivity contribution is 0.102. The van der Waals surface area contributed by atoms with E-state index in [0.29, 0.717) is 29.4 Å². The van der Waals surface area contributed by atoms with E-state index >= 15 is 0 Å². The van der Waals surface area contributed by atoms with Gasteiger partial charge in [0.05, 0.1) is 11.9 Å². The third-order valence-electron chi connectivity index (χ3n) is 3.39. The first-order chi connectivity index (χ1) is 11.7. The molecule has 1 amide bonds. The molecule has 0 aliphatic rings. The number of amides is 1. The molecule has 1 aromatic heterocycles. The van der Waals surface area contributed by atoms with Gasteiger partial charge in [-0.3, -0.25) is 4.79 Å². The monoisotopic (exact) mass is 319 g/mol. The summed E-state index contributed by atoms with van der Waals surface area (Å²) < 4.78 is 5.70. The van der Waals surface area contributed by atoms with Gasteiger partial charge in [-0.2, -0.15) is 0 Å². The Morgan fingerprint density at radius 3 is 2.42 bits per heavy atom. The van der Waals surface area contributed by atoms with E-state index in [1.165, 1.54) is 6.20 Å². The number of anilines is 2. The Labute approximate surface area is 140 Å². The Bertz CT molecular complexity index is 800. The van der Waals surface area contributed by atoms with Crippen LogP contribution in [0.3, 0.4) is 0 Å². The minimum absolute atomic E-state index is 0.234. The summed E-state index contributed by atoms with van der Waals surface area (Å²) in [6, 6.07) is 20.2. The molecule has 0 unspecified atom stereocenters. The maximum absolute atomic E-state index is 12.2. The molecular formula is C19H17N3O2. The lowest BCUT2D eigenvalue weighted by atomic mass is 10.2. The molecule has 0 spiro atoms. The van der Waals surface area contributed by atoms with Crippen LogP contribution < -0.4 is 15.8 Å². The number of nitrogens with zero attached hydrogens (tertiary/aromatic N) is 1. The highest BCUT2D eigenvalue weighted by Crippen LogP contribution is 2.15. The van der Waals surface area contributed by atoms with Gasteiger partial charge in [-0.15, -0.1) is 0 Å². The molecule has 0 atom stereocenters. The van der Waals surface area contributed by atoms with Crippen LogP contribution in [0.15, 0.2) is 72.9 Å². The van der Waals surface area contributed by atoms with Crippen LogP contribution in [0.5, 0.6) is 5.75 Å². The number of pyridine rings is 1. The standard InChI is InChI=1S/C19H17N3O2/c20-16-8-11-18(21-12-16)22-19(23)15-6-9-17(10-7-15)24-13-14-4-2-1-3-5-14/h1-12H,13,20H2,(H,21,22,23). The van der Waals surface area contributed by atoms with Gasteiger partial charge in [0.15, 0.2) is 0 Å². The molecule has 0 saturated carbocycles. The number of aromatic nitrogens is 1. The van der Waals surface area contributed by atoms with E-state index in [-0.39, 0.29) is 5.91 Å². The van der Waals surface area contributed by atoms with Gasteiger partial charge in [-0.1, -0.05) is 30.3 Å². The number of hydrogen-bond donors (Lipinski definition) is 2. The lowest BCUT2D eigenvalue weighted by Gasteiger charge is -2.08. The molecule has 3 aromatic rings. The fourth-order valence-electron chi connectivity index (χ4n) is 2.11. The summed E-state index contributed by atoms with van der Waals surface area (Å²) in [5, 5.41) is 2.72. The molecule has 3 rings (SSSR count). The van der Waals surface area contributed by atoms with Crippen molar-refractivity contribution in [1.29, 1.82) is 0 Å².